The summed E-state index contributed by atoms with van der Waals surface area (Å²) in [6.07, 6.45) is -1.20. The fraction of sp³-hybridized carbons (Fsp3) is 1.00. The van der Waals surface area contributed by atoms with Gasteiger partial charge >= 0.3 is 0 Å². The van der Waals surface area contributed by atoms with E-state index in [9.17, 15) is 10.2 Å². The lowest BCUT2D eigenvalue weighted by molar-refractivity contribution is -0.184. The lowest BCUT2D eigenvalue weighted by atomic mass is 9.87. The molecule has 0 saturated carbocycles. The number of aliphatic hydroxyl groups is 2. The Balaban J connectivity index is 4.01. The van der Waals surface area contributed by atoms with Gasteiger partial charge in [0.05, 0.1) is 11.7 Å². The van der Waals surface area contributed by atoms with Gasteiger partial charge in [-0.25, -0.2) is 0 Å². The average molecular weight is 204 g/mol. The summed E-state index contributed by atoms with van der Waals surface area (Å²) in [5, 5.41) is 19.2. The minimum Gasteiger partial charge on any atom is -0.392 e. The third-order valence-corrected chi connectivity index (χ3v) is 1.91. The van der Waals surface area contributed by atoms with Crippen LogP contribution in [-0.4, -0.2) is 28.2 Å². The lowest BCUT2D eigenvalue weighted by Crippen LogP contribution is -2.34. The second kappa shape index (κ2) is 4.60. The number of aliphatic hydroxyl groups excluding tert-OH is 2. The van der Waals surface area contributed by atoms with Gasteiger partial charge < -0.3 is 14.9 Å². The molecule has 0 aromatic heterocycles. The van der Waals surface area contributed by atoms with Gasteiger partial charge in [0.15, 0.2) is 6.29 Å². The molecule has 86 valence electrons. The molecule has 2 unspecified atom stereocenters. The molecule has 0 aromatic carbocycles. The predicted octanol–water partition coefficient (Wildman–Crippen LogP) is 1.92. The molecule has 0 amide bonds. The molecule has 0 rings (SSSR count). The first kappa shape index (κ1) is 13.9. The number of hydrogen-bond acceptors (Lipinski definition) is 3. The zero-order chi connectivity index (χ0) is 11.6. The summed E-state index contributed by atoms with van der Waals surface area (Å²) in [6.45, 7) is 11.4. The van der Waals surface area contributed by atoms with Crippen LogP contribution >= 0.6 is 0 Å². The van der Waals surface area contributed by atoms with Crippen LogP contribution in [0.2, 0.25) is 0 Å². The van der Waals surface area contributed by atoms with E-state index in [1.165, 1.54) is 0 Å². The molecule has 3 nitrogen and oxygen atoms in total. The quantitative estimate of drug-likeness (QED) is 0.690. The van der Waals surface area contributed by atoms with Crippen molar-refractivity contribution in [1.29, 1.82) is 0 Å². The van der Waals surface area contributed by atoms with Crippen LogP contribution in [0.5, 0.6) is 0 Å². The van der Waals surface area contributed by atoms with E-state index in [0.717, 1.165) is 0 Å². The zero-order valence-corrected chi connectivity index (χ0v) is 10.2. The molecular weight excluding hydrogens is 180 g/mol. The van der Waals surface area contributed by atoms with E-state index in [1.807, 2.05) is 41.5 Å². The SMILES string of the molecule is CC(C)(C)OC(O)CC(O)C(C)(C)C. The Bertz CT molecular complexity index is 164. The van der Waals surface area contributed by atoms with Gasteiger partial charge in [0.25, 0.3) is 0 Å². The molecule has 14 heavy (non-hydrogen) atoms. The molecule has 0 aliphatic carbocycles. The number of rotatable bonds is 3. The van der Waals surface area contributed by atoms with Crippen molar-refractivity contribution < 1.29 is 14.9 Å². The molecule has 0 spiro atoms. The first-order valence-electron chi connectivity index (χ1n) is 5.06. The molecule has 0 aliphatic rings. The van der Waals surface area contributed by atoms with Crippen molar-refractivity contribution in [2.24, 2.45) is 5.41 Å². The Morgan fingerprint density at radius 3 is 1.71 bits per heavy atom. The minimum absolute atomic E-state index is 0.220. The van der Waals surface area contributed by atoms with Gasteiger partial charge in [0.2, 0.25) is 0 Å². The van der Waals surface area contributed by atoms with Gasteiger partial charge in [0, 0.05) is 6.42 Å². The summed E-state index contributed by atoms with van der Waals surface area (Å²) in [5.74, 6) is 0. The van der Waals surface area contributed by atoms with Crippen LogP contribution in [0.4, 0.5) is 0 Å². The molecule has 0 fully saturated rings. The largest absolute Gasteiger partial charge is 0.392 e. The van der Waals surface area contributed by atoms with Crippen LogP contribution in [0.15, 0.2) is 0 Å². The van der Waals surface area contributed by atoms with Crippen molar-refractivity contribution >= 4 is 0 Å². The molecular formula is C11H24O3. The topological polar surface area (TPSA) is 49.7 Å². The maximum absolute atomic E-state index is 9.71. The summed E-state index contributed by atoms with van der Waals surface area (Å²) in [4.78, 5) is 0. The van der Waals surface area contributed by atoms with E-state index in [0.29, 0.717) is 0 Å². The number of hydrogen-bond donors (Lipinski definition) is 2. The monoisotopic (exact) mass is 204 g/mol. The van der Waals surface area contributed by atoms with Crippen molar-refractivity contribution in [2.75, 3.05) is 0 Å². The molecule has 0 radical (unpaired) electrons. The van der Waals surface area contributed by atoms with E-state index >= 15 is 0 Å². The van der Waals surface area contributed by atoms with Crippen LogP contribution in [-0.2, 0) is 4.74 Å². The highest BCUT2D eigenvalue weighted by Crippen LogP contribution is 2.24. The van der Waals surface area contributed by atoms with Crippen LogP contribution in [0, 0.1) is 5.41 Å². The highest BCUT2D eigenvalue weighted by atomic mass is 16.6. The maximum Gasteiger partial charge on any atom is 0.157 e. The van der Waals surface area contributed by atoms with Gasteiger partial charge in [-0.2, -0.15) is 0 Å². The number of ether oxygens (including phenoxy) is 1. The van der Waals surface area contributed by atoms with Crippen LogP contribution in [0.25, 0.3) is 0 Å². The Kier molecular flexibility index (Phi) is 4.56. The second-order valence-corrected chi connectivity index (χ2v) is 5.80. The van der Waals surface area contributed by atoms with Crippen molar-refractivity contribution in [1.82, 2.24) is 0 Å². The van der Waals surface area contributed by atoms with Crippen molar-refractivity contribution in [3.05, 3.63) is 0 Å². The van der Waals surface area contributed by atoms with E-state index in [2.05, 4.69) is 0 Å². The lowest BCUT2D eigenvalue weighted by Gasteiger charge is -2.30. The van der Waals surface area contributed by atoms with Gasteiger partial charge in [-0.15, -0.1) is 0 Å². The fourth-order valence-corrected chi connectivity index (χ4v) is 1.00. The molecule has 0 heterocycles. The molecule has 2 N–H and O–H groups in total. The van der Waals surface area contributed by atoms with Gasteiger partial charge in [-0.05, 0) is 26.2 Å². The molecule has 0 bridgehead atoms. The van der Waals surface area contributed by atoms with Gasteiger partial charge in [-0.3, -0.25) is 0 Å². The summed E-state index contributed by atoms with van der Waals surface area (Å²) in [6, 6.07) is 0. The second-order valence-electron chi connectivity index (χ2n) is 5.80. The van der Waals surface area contributed by atoms with Crippen molar-refractivity contribution in [3.8, 4) is 0 Å². The molecule has 3 heteroatoms. The van der Waals surface area contributed by atoms with Gasteiger partial charge in [0.1, 0.15) is 0 Å². The Morgan fingerprint density at radius 2 is 1.43 bits per heavy atom. The zero-order valence-electron chi connectivity index (χ0n) is 10.2. The maximum atomic E-state index is 9.71. The highest BCUT2D eigenvalue weighted by Gasteiger charge is 2.26. The fourth-order valence-electron chi connectivity index (χ4n) is 1.00. The third-order valence-electron chi connectivity index (χ3n) is 1.91. The first-order valence-corrected chi connectivity index (χ1v) is 5.06. The summed E-state index contributed by atoms with van der Waals surface area (Å²) in [5.41, 5.74) is -0.598. The molecule has 0 saturated heterocycles. The Labute approximate surface area is 87.1 Å². The van der Waals surface area contributed by atoms with Crippen molar-refractivity contribution in [3.63, 3.8) is 0 Å². The van der Waals surface area contributed by atoms with Gasteiger partial charge in [-0.1, -0.05) is 20.8 Å². The summed E-state index contributed by atoms with van der Waals surface area (Å²) in [7, 11) is 0. The highest BCUT2D eigenvalue weighted by molar-refractivity contribution is 4.74. The normalized spacial score (nSPS) is 18.0. The van der Waals surface area contributed by atoms with Crippen LogP contribution in [0.1, 0.15) is 48.0 Å². The molecule has 2 atom stereocenters. The first-order chi connectivity index (χ1) is 6.02. The Hall–Kier alpha value is -0.120. The van der Waals surface area contributed by atoms with E-state index in [4.69, 9.17) is 4.74 Å². The standard InChI is InChI=1S/C11H24O3/c1-10(2,3)8(12)7-9(13)14-11(4,5)6/h8-9,12-13H,7H2,1-6H3. The van der Waals surface area contributed by atoms with E-state index < -0.39 is 12.4 Å². The Morgan fingerprint density at radius 1 is 1.00 bits per heavy atom. The third kappa shape index (κ3) is 6.35. The molecule has 0 aromatic rings. The average Bonchev–Trinajstić information content (AvgIpc) is 1.79. The summed E-state index contributed by atoms with van der Waals surface area (Å²) < 4.78 is 5.30. The molecule has 0 aliphatic heterocycles. The minimum atomic E-state index is -0.899. The smallest absolute Gasteiger partial charge is 0.157 e. The van der Waals surface area contributed by atoms with Crippen molar-refractivity contribution in [2.45, 2.75) is 66.0 Å². The van der Waals surface area contributed by atoms with Crippen LogP contribution in [0.3, 0.4) is 0 Å². The van der Waals surface area contributed by atoms with E-state index in [-0.39, 0.29) is 17.4 Å². The summed E-state index contributed by atoms with van der Waals surface area (Å²) >= 11 is 0. The van der Waals surface area contributed by atoms with E-state index in [1.54, 1.807) is 0 Å². The van der Waals surface area contributed by atoms with Crippen LogP contribution < -0.4 is 0 Å². The predicted molar refractivity (Wildman–Crippen MR) is 56.9 cm³/mol.